The quantitative estimate of drug-likeness (QED) is 0.245. The van der Waals surface area contributed by atoms with Gasteiger partial charge in [-0.1, -0.05) is 6.20 Å². The third kappa shape index (κ3) is 4.23. The Balaban J connectivity index is 0.00000196. The molecule has 1 aromatic heterocycles. The number of hydrogen-bond acceptors (Lipinski definition) is 3. The number of hydrogen-bond donors (Lipinski definition) is 0. The molecule has 0 aliphatic carbocycles. The summed E-state index contributed by atoms with van der Waals surface area (Å²) in [6.45, 7) is 0. The normalized spacial score (nSPS) is 12.1. The Hall–Kier alpha value is -0.534. The van der Waals surface area contributed by atoms with Crippen LogP contribution in [0.3, 0.4) is 0 Å². The largest absolute Gasteiger partial charge is 2.00 e. The van der Waals surface area contributed by atoms with Crippen molar-refractivity contribution in [2.45, 2.75) is 6.18 Å². The summed E-state index contributed by atoms with van der Waals surface area (Å²) < 4.78 is 35.2. The number of pyridine rings is 1. The average molecular weight is 247 g/mol. The molecule has 0 aliphatic heterocycles. The van der Waals surface area contributed by atoms with Crippen molar-refractivity contribution in [2.75, 3.05) is 0 Å². The number of rotatable bonds is 1. The molecule has 15 heavy (non-hydrogen) atoms. The third-order valence-electron chi connectivity index (χ3n) is 1.13. The minimum absolute atomic E-state index is 0. The van der Waals surface area contributed by atoms with Gasteiger partial charge in [-0.15, -0.1) is 11.6 Å². The molecule has 0 saturated heterocycles. The predicted molar refractivity (Wildman–Crippen MR) is 47.0 cm³/mol. The van der Waals surface area contributed by atoms with Crippen LogP contribution in [-0.2, 0) is 0 Å². The van der Waals surface area contributed by atoms with Crippen molar-refractivity contribution in [3.63, 3.8) is 0 Å². The van der Waals surface area contributed by atoms with Gasteiger partial charge in [0.25, 0.3) is 0 Å². The fourth-order valence-electron chi connectivity index (χ4n) is 0.583. The van der Waals surface area contributed by atoms with Crippen LogP contribution in [0.25, 0.3) is 0 Å². The summed E-state index contributed by atoms with van der Waals surface area (Å²) in [7, 11) is 0. The molecule has 1 heterocycles. The molecular formula is C7H2ClF3MgN2O. The van der Waals surface area contributed by atoms with E-state index in [9.17, 15) is 18.3 Å². The molecule has 0 aliphatic rings. The van der Waals surface area contributed by atoms with Crippen LogP contribution in [0.1, 0.15) is 0 Å². The number of aromatic nitrogens is 1. The van der Waals surface area contributed by atoms with Crippen LogP contribution in [0.4, 0.5) is 18.9 Å². The zero-order valence-electron chi connectivity index (χ0n) is 7.18. The van der Waals surface area contributed by atoms with Crippen LogP contribution in [-0.4, -0.2) is 40.1 Å². The van der Waals surface area contributed by atoms with Crippen LogP contribution in [0.2, 0.25) is 5.15 Å². The molecule has 8 heteroatoms. The van der Waals surface area contributed by atoms with Gasteiger partial charge in [-0.05, 0) is 5.69 Å². The van der Waals surface area contributed by atoms with Crippen LogP contribution >= 0.6 is 11.6 Å². The molecule has 0 N–H and O–H groups in total. The summed E-state index contributed by atoms with van der Waals surface area (Å²) in [5.74, 6) is -2.23. The zero-order valence-corrected chi connectivity index (χ0v) is 9.35. The van der Waals surface area contributed by atoms with Gasteiger partial charge < -0.3 is 10.1 Å². The molecule has 0 spiro atoms. The van der Waals surface area contributed by atoms with Crippen molar-refractivity contribution >= 4 is 46.2 Å². The molecule has 0 fully saturated rings. The summed E-state index contributed by atoms with van der Waals surface area (Å²) in [6.07, 6.45) is -3.79. The molecule has 0 bridgehead atoms. The number of aliphatic imine (C=N–C) groups is 1. The van der Waals surface area contributed by atoms with Crippen molar-refractivity contribution in [2.24, 2.45) is 4.99 Å². The van der Waals surface area contributed by atoms with Gasteiger partial charge in [-0.2, -0.15) is 25.3 Å². The van der Waals surface area contributed by atoms with Crippen LogP contribution in [0, 0.1) is 6.07 Å². The van der Waals surface area contributed by atoms with Gasteiger partial charge in [0.2, 0.25) is 0 Å². The van der Waals surface area contributed by atoms with E-state index in [0.29, 0.717) is 0 Å². The van der Waals surface area contributed by atoms with E-state index in [1.807, 2.05) is 0 Å². The molecule has 0 amide bonds. The monoisotopic (exact) mass is 246 g/mol. The van der Waals surface area contributed by atoms with E-state index in [4.69, 9.17) is 11.6 Å². The number of halogens is 4. The molecule has 0 unspecified atom stereocenters. The summed E-state index contributed by atoms with van der Waals surface area (Å²) in [5.41, 5.74) is -0.420. The summed E-state index contributed by atoms with van der Waals surface area (Å²) >= 11 is 5.36. The Morgan fingerprint density at radius 3 is 2.60 bits per heavy atom. The first-order valence-corrected chi connectivity index (χ1v) is 3.64. The predicted octanol–water partition coefficient (Wildman–Crippen LogP) is 1.11. The Bertz CT molecular complexity index is 369. The van der Waals surface area contributed by atoms with Gasteiger partial charge in [0.15, 0.2) is 0 Å². The standard InChI is InChI=1S/C7H3ClF3N2O.Mg/c8-5-4(2-1-3-12-5)13-6(14)7(9,10)11;/h1,3H,(H,13,14);/q-1;+2/p-1. The van der Waals surface area contributed by atoms with Gasteiger partial charge in [-0.25, -0.2) is 0 Å². The maximum Gasteiger partial charge on any atom is 2.00 e. The van der Waals surface area contributed by atoms with Crippen LogP contribution in [0.15, 0.2) is 17.3 Å². The fourth-order valence-corrected chi connectivity index (χ4v) is 0.736. The maximum atomic E-state index is 11.7. The van der Waals surface area contributed by atoms with Crippen molar-refractivity contribution in [1.29, 1.82) is 0 Å². The molecule has 0 saturated carbocycles. The summed E-state index contributed by atoms with van der Waals surface area (Å²) in [5, 5.41) is 10.1. The molecule has 76 valence electrons. The molecule has 1 rings (SSSR count). The summed E-state index contributed by atoms with van der Waals surface area (Å²) in [6, 6.07) is 3.46. The zero-order chi connectivity index (χ0) is 10.8. The van der Waals surface area contributed by atoms with Gasteiger partial charge in [0, 0.05) is 5.15 Å². The molecular weight excluding hydrogens is 245 g/mol. The molecule has 1 aromatic rings. The van der Waals surface area contributed by atoms with E-state index >= 15 is 0 Å². The Morgan fingerprint density at radius 2 is 2.13 bits per heavy atom. The first-order chi connectivity index (χ1) is 6.41. The van der Waals surface area contributed by atoms with E-state index < -0.39 is 17.8 Å². The molecule has 0 aromatic carbocycles. The minimum atomic E-state index is -5.01. The van der Waals surface area contributed by atoms with E-state index in [-0.39, 0.29) is 28.2 Å². The minimum Gasteiger partial charge on any atom is -0.856 e. The van der Waals surface area contributed by atoms with E-state index in [0.717, 1.165) is 0 Å². The van der Waals surface area contributed by atoms with E-state index in [1.165, 1.54) is 12.3 Å². The first-order valence-electron chi connectivity index (χ1n) is 3.26. The number of nitrogens with zero attached hydrogens (tertiary/aromatic N) is 2. The smallest absolute Gasteiger partial charge is 0.856 e. The average Bonchev–Trinajstić information content (AvgIpc) is 2.07. The van der Waals surface area contributed by atoms with Crippen LogP contribution < -0.4 is 5.11 Å². The van der Waals surface area contributed by atoms with E-state index in [1.54, 1.807) is 0 Å². The maximum absolute atomic E-state index is 11.7. The van der Waals surface area contributed by atoms with Crippen LogP contribution in [0.5, 0.6) is 0 Å². The molecule has 0 radical (unpaired) electrons. The molecule has 3 nitrogen and oxygen atoms in total. The molecule has 0 atom stereocenters. The Kier molecular flexibility index (Phi) is 5.33. The van der Waals surface area contributed by atoms with Gasteiger partial charge in [0.1, 0.15) is 0 Å². The van der Waals surface area contributed by atoms with Crippen molar-refractivity contribution in [3.05, 3.63) is 23.5 Å². The van der Waals surface area contributed by atoms with Crippen molar-refractivity contribution in [1.82, 2.24) is 4.98 Å². The SMILES string of the molecule is [Mg+2].[O-]C(=Nc1[c-]ccnc1Cl)C(F)(F)F. The number of alkyl halides is 3. The first kappa shape index (κ1) is 14.5. The third-order valence-corrected chi connectivity index (χ3v) is 1.41. The Morgan fingerprint density at radius 1 is 1.53 bits per heavy atom. The van der Waals surface area contributed by atoms with Gasteiger partial charge in [0.05, 0.1) is 5.90 Å². The second-order valence-electron chi connectivity index (χ2n) is 2.14. The van der Waals surface area contributed by atoms with Crippen molar-refractivity contribution < 1.29 is 18.3 Å². The Labute approximate surface area is 104 Å². The topological polar surface area (TPSA) is 48.3 Å². The fraction of sp³-hybridized carbons (Fsp3) is 0.143. The van der Waals surface area contributed by atoms with Gasteiger partial charge in [-0.3, -0.25) is 4.99 Å². The van der Waals surface area contributed by atoms with E-state index in [2.05, 4.69) is 16.0 Å². The summed E-state index contributed by atoms with van der Waals surface area (Å²) in [4.78, 5) is 6.15. The second-order valence-corrected chi connectivity index (χ2v) is 2.50. The van der Waals surface area contributed by atoms with Crippen molar-refractivity contribution in [3.8, 4) is 0 Å². The second kappa shape index (κ2) is 5.52. The van der Waals surface area contributed by atoms with Gasteiger partial charge >= 0.3 is 29.2 Å².